The van der Waals surface area contributed by atoms with Crippen molar-refractivity contribution >= 4 is 21.9 Å². The van der Waals surface area contributed by atoms with Crippen molar-refractivity contribution < 1.29 is 4.52 Å². The molecular formula is C15H19BrN4O. The zero-order chi connectivity index (χ0) is 15.1. The SMILES string of the molecule is CCNC(=NCc1ccon1)N(C)Cc1ccc(Br)cc1. The average molecular weight is 351 g/mol. The highest BCUT2D eigenvalue weighted by Crippen LogP contribution is 2.12. The molecule has 0 aliphatic carbocycles. The Morgan fingerprint density at radius 1 is 1.33 bits per heavy atom. The summed E-state index contributed by atoms with van der Waals surface area (Å²) in [4.78, 5) is 6.66. The summed E-state index contributed by atoms with van der Waals surface area (Å²) in [7, 11) is 2.02. The zero-order valence-electron chi connectivity index (χ0n) is 12.2. The molecule has 112 valence electrons. The van der Waals surface area contributed by atoms with E-state index in [1.165, 1.54) is 5.56 Å². The molecule has 0 saturated carbocycles. The number of hydrogen-bond acceptors (Lipinski definition) is 3. The average Bonchev–Trinajstić information content (AvgIpc) is 2.99. The Hall–Kier alpha value is -1.82. The number of nitrogens with zero attached hydrogens (tertiary/aromatic N) is 3. The second-order valence-corrected chi connectivity index (χ2v) is 5.56. The largest absolute Gasteiger partial charge is 0.364 e. The van der Waals surface area contributed by atoms with Gasteiger partial charge in [0.25, 0.3) is 0 Å². The van der Waals surface area contributed by atoms with E-state index in [4.69, 9.17) is 4.52 Å². The molecule has 2 rings (SSSR count). The zero-order valence-corrected chi connectivity index (χ0v) is 13.8. The van der Waals surface area contributed by atoms with E-state index in [1.54, 1.807) is 6.26 Å². The molecule has 0 bridgehead atoms. The van der Waals surface area contributed by atoms with Gasteiger partial charge in [-0.2, -0.15) is 0 Å². The fourth-order valence-electron chi connectivity index (χ4n) is 1.88. The van der Waals surface area contributed by atoms with E-state index in [2.05, 4.69) is 55.4 Å². The van der Waals surface area contributed by atoms with Gasteiger partial charge in [-0.25, -0.2) is 4.99 Å². The van der Waals surface area contributed by atoms with Crippen LogP contribution in [0.25, 0.3) is 0 Å². The molecular weight excluding hydrogens is 332 g/mol. The number of halogens is 1. The maximum absolute atomic E-state index is 4.82. The standard InChI is InChI=1S/C15H19BrN4O/c1-3-17-15(18-10-14-8-9-21-19-14)20(2)11-12-4-6-13(16)7-5-12/h4-9H,3,10-11H2,1-2H3,(H,17,18). The van der Waals surface area contributed by atoms with Crippen LogP contribution in [0.3, 0.4) is 0 Å². The van der Waals surface area contributed by atoms with Gasteiger partial charge in [0.1, 0.15) is 12.0 Å². The first-order valence-electron chi connectivity index (χ1n) is 6.82. The van der Waals surface area contributed by atoms with Crippen molar-refractivity contribution in [2.45, 2.75) is 20.0 Å². The maximum Gasteiger partial charge on any atom is 0.194 e. The fourth-order valence-corrected chi connectivity index (χ4v) is 2.15. The molecule has 0 radical (unpaired) electrons. The lowest BCUT2D eigenvalue weighted by molar-refractivity contribution is 0.411. The van der Waals surface area contributed by atoms with Gasteiger partial charge in [-0.1, -0.05) is 33.2 Å². The second-order valence-electron chi connectivity index (χ2n) is 4.64. The molecule has 0 aliphatic rings. The van der Waals surface area contributed by atoms with Crippen LogP contribution in [-0.4, -0.2) is 29.6 Å². The molecule has 0 aliphatic heterocycles. The van der Waals surface area contributed by atoms with Gasteiger partial charge in [-0.15, -0.1) is 0 Å². The number of aromatic nitrogens is 1. The second kappa shape index (κ2) is 7.83. The van der Waals surface area contributed by atoms with Crippen molar-refractivity contribution in [2.24, 2.45) is 4.99 Å². The van der Waals surface area contributed by atoms with Gasteiger partial charge in [-0.3, -0.25) is 0 Å². The van der Waals surface area contributed by atoms with Gasteiger partial charge in [0.15, 0.2) is 5.96 Å². The van der Waals surface area contributed by atoms with Crippen LogP contribution < -0.4 is 5.32 Å². The molecule has 0 saturated heterocycles. The van der Waals surface area contributed by atoms with Gasteiger partial charge in [-0.05, 0) is 24.6 Å². The summed E-state index contributed by atoms with van der Waals surface area (Å²) in [5.74, 6) is 0.850. The van der Waals surface area contributed by atoms with Crippen LogP contribution in [0.15, 0.2) is 50.6 Å². The van der Waals surface area contributed by atoms with Crippen molar-refractivity contribution in [3.63, 3.8) is 0 Å². The smallest absolute Gasteiger partial charge is 0.194 e. The molecule has 0 atom stereocenters. The van der Waals surface area contributed by atoms with Crippen LogP contribution in [0.5, 0.6) is 0 Å². The quantitative estimate of drug-likeness (QED) is 0.665. The topological polar surface area (TPSA) is 53.7 Å². The van der Waals surface area contributed by atoms with Crippen LogP contribution in [0, 0.1) is 0 Å². The Balaban J connectivity index is 2.02. The Morgan fingerprint density at radius 3 is 2.71 bits per heavy atom. The molecule has 0 amide bonds. The van der Waals surface area contributed by atoms with E-state index in [1.807, 2.05) is 25.2 Å². The summed E-state index contributed by atoms with van der Waals surface area (Å²) in [6.45, 7) is 4.17. The highest BCUT2D eigenvalue weighted by molar-refractivity contribution is 9.10. The number of nitrogens with one attached hydrogen (secondary N) is 1. The number of rotatable bonds is 5. The molecule has 1 N–H and O–H groups in total. The molecule has 21 heavy (non-hydrogen) atoms. The van der Waals surface area contributed by atoms with Gasteiger partial charge >= 0.3 is 0 Å². The van der Waals surface area contributed by atoms with E-state index in [-0.39, 0.29) is 0 Å². The molecule has 0 spiro atoms. The lowest BCUT2D eigenvalue weighted by atomic mass is 10.2. The van der Waals surface area contributed by atoms with Crippen LogP contribution in [-0.2, 0) is 13.1 Å². The Kier molecular flexibility index (Phi) is 5.80. The van der Waals surface area contributed by atoms with E-state index >= 15 is 0 Å². The highest BCUT2D eigenvalue weighted by Gasteiger charge is 2.07. The van der Waals surface area contributed by atoms with Crippen LogP contribution in [0.2, 0.25) is 0 Å². The lowest BCUT2D eigenvalue weighted by Gasteiger charge is -2.22. The molecule has 5 nitrogen and oxygen atoms in total. The summed E-state index contributed by atoms with van der Waals surface area (Å²) >= 11 is 3.45. The molecule has 1 aromatic carbocycles. The number of benzene rings is 1. The Labute approximate surface area is 133 Å². The van der Waals surface area contributed by atoms with E-state index < -0.39 is 0 Å². The van der Waals surface area contributed by atoms with Gasteiger partial charge in [0.05, 0.1) is 6.54 Å². The molecule has 1 aromatic heterocycles. The first-order valence-corrected chi connectivity index (χ1v) is 7.61. The monoisotopic (exact) mass is 350 g/mol. The van der Waals surface area contributed by atoms with E-state index in [9.17, 15) is 0 Å². The van der Waals surface area contributed by atoms with Crippen molar-refractivity contribution in [3.05, 3.63) is 52.3 Å². The predicted octanol–water partition coefficient (Wildman–Crippen LogP) is 3.03. The molecule has 0 unspecified atom stereocenters. The van der Waals surface area contributed by atoms with E-state index in [0.29, 0.717) is 6.54 Å². The maximum atomic E-state index is 4.82. The number of guanidine groups is 1. The third kappa shape index (κ3) is 4.90. The minimum absolute atomic E-state index is 0.503. The first kappa shape index (κ1) is 15.6. The van der Waals surface area contributed by atoms with Gasteiger partial charge in [0, 0.05) is 30.7 Å². The molecule has 6 heteroatoms. The van der Waals surface area contributed by atoms with Crippen molar-refractivity contribution in [3.8, 4) is 0 Å². The molecule has 0 fully saturated rings. The molecule has 2 aromatic rings. The lowest BCUT2D eigenvalue weighted by Crippen LogP contribution is -2.38. The Morgan fingerprint density at radius 2 is 2.10 bits per heavy atom. The van der Waals surface area contributed by atoms with Crippen molar-refractivity contribution in [1.29, 1.82) is 0 Å². The predicted molar refractivity (Wildman–Crippen MR) is 86.9 cm³/mol. The third-order valence-corrected chi connectivity index (χ3v) is 3.44. The Bertz CT molecular complexity index is 566. The summed E-state index contributed by atoms with van der Waals surface area (Å²) in [5, 5.41) is 7.15. The summed E-state index contributed by atoms with van der Waals surface area (Å²) in [6, 6.07) is 10.1. The van der Waals surface area contributed by atoms with Crippen molar-refractivity contribution in [1.82, 2.24) is 15.4 Å². The minimum Gasteiger partial charge on any atom is -0.364 e. The fraction of sp³-hybridized carbons (Fsp3) is 0.333. The minimum atomic E-state index is 0.503. The van der Waals surface area contributed by atoms with Crippen molar-refractivity contribution in [2.75, 3.05) is 13.6 Å². The van der Waals surface area contributed by atoms with Gasteiger partial charge < -0.3 is 14.7 Å². The number of aliphatic imine (C=N–C) groups is 1. The summed E-state index contributed by atoms with van der Waals surface area (Å²) in [5.41, 5.74) is 2.05. The normalized spacial score (nSPS) is 11.5. The summed E-state index contributed by atoms with van der Waals surface area (Å²) in [6.07, 6.45) is 1.56. The van der Waals surface area contributed by atoms with Crippen LogP contribution in [0.1, 0.15) is 18.2 Å². The van der Waals surface area contributed by atoms with Crippen LogP contribution >= 0.6 is 15.9 Å². The highest BCUT2D eigenvalue weighted by atomic mass is 79.9. The first-order chi connectivity index (χ1) is 10.2. The third-order valence-electron chi connectivity index (χ3n) is 2.91. The van der Waals surface area contributed by atoms with Gasteiger partial charge in [0.2, 0.25) is 0 Å². The number of hydrogen-bond donors (Lipinski definition) is 1. The van der Waals surface area contributed by atoms with E-state index in [0.717, 1.165) is 29.2 Å². The summed E-state index contributed by atoms with van der Waals surface area (Å²) < 4.78 is 5.90. The molecule has 1 heterocycles. The van der Waals surface area contributed by atoms with Crippen LogP contribution in [0.4, 0.5) is 0 Å².